The maximum atomic E-state index is 10.1. The van der Waals surface area contributed by atoms with E-state index >= 15 is 0 Å². The lowest BCUT2D eigenvalue weighted by molar-refractivity contribution is -0.642. The van der Waals surface area contributed by atoms with Gasteiger partial charge >= 0.3 is 0 Å². The first-order chi connectivity index (χ1) is 5.81. The van der Waals surface area contributed by atoms with Crippen LogP contribution in [0.3, 0.4) is 0 Å². The number of hydrogen-bond donors (Lipinski definition) is 2. The summed E-state index contributed by atoms with van der Waals surface area (Å²) in [7, 11) is 0. The molecule has 64 valence electrons. The molecule has 1 saturated heterocycles. The molecule has 1 atom stereocenters. The molecule has 0 radical (unpaired) electrons. The molecule has 2 rings (SSSR count). The zero-order chi connectivity index (χ0) is 8.44. The van der Waals surface area contributed by atoms with Crippen LogP contribution in [-0.4, -0.2) is 18.2 Å². The number of quaternary nitrogens is 1. The third-order valence-corrected chi connectivity index (χ3v) is 2.56. The fourth-order valence-electron chi connectivity index (χ4n) is 1.79. The van der Waals surface area contributed by atoms with Crippen LogP contribution >= 0.6 is 0 Å². The summed E-state index contributed by atoms with van der Waals surface area (Å²) in [4.78, 5) is 0. The van der Waals surface area contributed by atoms with Crippen molar-refractivity contribution in [3.8, 4) is 0 Å². The highest BCUT2D eigenvalue weighted by Crippen LogP contribution is 2.24. The van der Waals surface area contributed by atoms with E-state index in [0.29, 0.717) is 0 Å². The van der Waals surface area contributed by atoms with Crippen LogP contribution in [0.5, 0.6) is 0 Å². The molecule has 1 aliphatic heterocycles. The average molecular weight is 164 g/mol. The predicted octanol–water partition coefficient (Wildman–Crippen LogP) is -0.159. The van der Waals surface area contributed by atoms with Gasteiger partial charge in [0, 0.05) is 6.42 Å². The van der Waals surface area contributed by atoms with Gasteiger partial charge in [-0.25, -0.2) is 0 Å². The number of nitrogens with two attached hydrogens (primary N) is 1. The molecule has 2 nitrogen and oxygen atoms in total. The van der Waals surface area contributed by atoms with Crippen LogP contribution in [0, 0.1) is 0 Å². The molecule has 0 saturated carbocycles. The van der Waals surface area contributed by atoms with E-state index in [-0.39, 0.29) is 0 Å². The molecule has 0 bridgehead atoms. The van der Waals surface area contributed by atoms with Crippen molar-refractivity contribution in [2.45, 2.75) is 12.0 Å². The molecule has 0 unspecified atom stereocenters. The van der Waals surface area contributed by atoms with Crippen molar-refractivity contribution < 1.29 is 10.4 Å². The van der Waals surface area contributed by atoms with Crippen LogP contribution in [0.25, 0.3) is 0 Å². The largest absolute Gasteiger partial charge is 0.379 e. The molecule has 0 spiro atoms. The lowest BCUT2D eigenvalue weighted by Crippen LogP contribution is -2.82. The summed E-state index contributed by atoms with van der Waals surface area (Å²) in [5.74, 6) is 0. The zero-order valence-electron chi connectivity index (χ0n) is 7.03. The summed E-state index contributed by atoms with van der Waals surface area (Å²) < 4.78 is 0. The van der Waals surface area contributed by atoms with Gasteiger partial charge in [0.25, 0.3) is 0 Å². The lowest BCUT2D eigenvalue weighted by Gasteiger charge is -2.18. The Morgan fingerprint density at radius 3 is 2.58 bits per heavy atom. The van der Waals surface area contributed by atoms with Crippen LogP contribution < -0.4 is 5.32 Å². The monoisotopic (exact) mass is 164 g/mol. The smallest absolute Gasteiger partial charge is 0.143 e. The van der Waals surface area contributed by atoms with Crippen molar-refractivity contribution in [3.63, 3.8) is 0 Å². The second-order valence-corrected chi connectivity index (χ2v) is 3.43. The maximum absolute atomic E-state index is 10.1. The molecular weight excluding hydrogens is 150 g/mol. The second kappa shape index (κ2) is 2.88. The van der Waals surface area contributed by atoms with Gasteiger partial charge in [0.05, 0.1) is 6.54 Å². The van der Waals surface area contributed by atoms with Crippen molar-refractivity contribution in [1.82, 2.24) is 0 Å². The third-order valence-electron chi connectivity index (χ3n) is 2.56. The Morgan fingerprint density at radius 2 is 2.00 bits per heavy atom. The van der Waals surface area contributed by atoms with Gasteiger partial charge in [0.2, 0.25) is 0 Å². The molecule has 1 aromatic carbocycles. The average Bonchev–Trinajstić information content (AvgIpc) is 2.55. The van der Waals surface area contributed by atoms with Crippen molar-refractivity contribution in [2.24, 2.45) is 0 Å². The molecule has 1 fully saturated rings. The summed E-state index contributed by atoms with van der Waals surface area (Å²) in [6, 6.07) is 9.93. The minimum Gasteiger partial charge on any atom is -0.379 e. The van der Waals surface area contributed by atoms with Gasteiger partial charge in [-0.15, -0.1) is 0 Å². The Labute approximate surface area is 72.2 Å². The van der Waals surface area contributed by atoms with Gasteiger partial charge in [-0.3, -0.25) is 0 Å². The number of hydrogen-bond acceptors (Lipinski definition) is 1. The van der Waals surface area contributed by atoms with Gasteiger partial charge in [0.1, 0.15) is 12.1 Å². The zero-order valence-corrected chi connectivity index (χ0v) is 7.03. The fraction of sp³-hybridized carbons (Fsp3) is 0.400. The van der Waals surface area contributed by atoms with Crippen molar-refractivity contribution in [1.29, 1.82) is 0 Å². The Kier molecular flexibility index (Phi) is 1.87. The molecule has 0 aromatic heterocycles. The molecule has 1 aliphatic rings. The lowest BCUT2D eigenvalue weighted by atomic mass is 9.93. The van der Waals surface area contributed by atoms with E-state index in [9.17, 15) is 5.11 Å². The van der Waals surface area contributed by atoms with E-state index in [1.54, 1.807) is 0 Å². The first-order valence-electron chi connectivity index (χ1n) is 4.41. The molecule has 2 heteroatoms. The topological polar surface area (TPSA) is 36.8 Å². The van der Waals surface area contributed by atoms with Crippen LogP contribution in [-0.2, 0) is 5.60 Å². The number of aliphatic hydroxyl groups is 1. The fourth-order valence-corrected chi connectivity index (χ4v) is 1.79. The van der Waals surface area contributed by atoms with Gasteiger partial charge < -0.3 is 10.4 Å². The number of benzene rings is 1. The molecule has 0 amide bonds. The predicted molar refractivity (Wildman–Crippen MR) is 46.6 cm³/mol. The van der Waals surface area contributed by atoms with E-state index in [2.05, 4.69) is 5.32 Å². The Balaban J connectivity index is 2.29. The van der Waals surface area contributed by atoms with Crippen molar-refractivity contribution >= 4 is 0 Å². The van der Waals surface area contributed by atoms with E-state index < -0.39 is 5.60 Å². The summed E-state index contributed by atoms with van der Waals surface area (Å²) >= 11 is 0. The Hall–Kier alpha value is -0.860. The van der Waals surface area contributed by atoms with Crippen molar-refractivity contribution in [3.05, 3.63) is 35.9 Å². The number of rotatable bonds is 1. The first kappa shape index (κ1) is 7.77. The minimum atomic E-state index is -0.568. The maximum Gasteiger partial charge on any atom is 0.143 e. The highest BCUT2D eigenvalue weighted by molar-refractivity contribution is 5.22. The highest BCUT2D eigenvalue weighted by Gasteiger charge is 2.35. The van der Waals surface area contributed by atoms with Crippen LogP contribution in [0.2, 0.25) is 0 Å². The van der Waals surface area contributed by atoms with Crippen LogP contribution in [0.1, 0.15) is 12.0 Å². The van der Waals surface area contributed by atoms with Crippen molar-refractivity contribution in [2.75, 3.05) is 13.1 Å². The standard InChI is InChI=1S/C10H13NO/c12-10(6-7-11-8-10)9-4-2-1-3-5-9/h1-5,11-12H,6-8H2/p+1/t10-/m1/s1. The molecular formula is C10H14NO+. The van der Waals surface area contributed by atoms with Gasteiger partial charge in [-0.1, -0.05) is 30.3 Å². The highest BCUT2D eigenvalue weighted by atomic mass is 16.3. The van der Waals surface area contributed by atoms with E-state index in [4.69, 9.17) is 0 Å². The quantitative estimate of drug-likeness (QED) is 0.594. The molecule has 3 N–H and O–H groups in total. The van der Waals surface area contributed by atoms with Crippen LogP contribution in [0.4, 0.5) is 0 Å². The van der Waals surface area contributed by atoms with E-state index in [1.165, 1.54) is 0 Å². The van der Waals surface area contributed by atoms with E-state index in [1.807, 2.05) is 30.3 Å². The first-order valence-corrected chi connectivity index (χ1v) is 4.41. The Morgan fingerprint density at radius 1 is 1.25 bits per heavy atom. The summed E-state index contributed by atoms with van der Waals surface area (Å²) in [6.07, 6.45) is 0.872. The van der Waals surface area contributed by atoms with Crippen LogP contribution in [0.15, 0.2) is 30.3 Å². The minimum absolute atomic E-state index is 0.568. The van der Waals surface area contributed by atoms with Gasteiger partial charge in [-0.05, 0) is 5.56 Å². The van der Waals surface area contributed by atoms with Gasteiger partial charge in [0.15, 0.2) is 0 Å². The second-order valence-electron chi connectivity index (χ2n) is 3.43. The summed E-state index contributed by atoms with van der Waals surface area (Å²) in [5, 5.41) is 12.3. The van der Waals surface area contributed by atoms with E-state index in [0.717, 1.165) is 25.1 Å². The third kappa shape index (κ3) is 1.24. The molecule has 1 heterocycles. The Bertz CT molecular complexity index is 252. The SMILES string of the molecule is O[C@]1(c2ccccc2)CC[NH2+]C1. The summed E-state index contributed by atoms with van der Waals surface area (Å²) in [6.45, 7) is 1.84. The normalized spacial score (nSPS) is 29.1. The molecule has 12 heavy (non-hydrogen) atoms. The summed E-state index contributed by atoms with van der Waals surface area (Å²) in [5.41, 5.74) is 0.486. The van der Waals surface area contributed by atoms with Gasteiger partial charge in [-0.2, -0.15) is 0 Å². The molecule has 1 aromatic rings. The molecule has 0 aliphatic carbocycles.